The van der Waals surface area contributed by atoms with E-state index in [1.54, 1.807) is 38.4 Å². The van der Waals surface area contributed by atoms with Crippen molar-refractivity contribution in [1.29, 1.82) is 0 Å². The van der Waals surface area contributed by atoms with E-state index in [0.29, 0.717) is 28.5 Å². The number of carbonyl (C=O) groups excluding carboxylic acids is 1. The van der Waals surface area contributed by atoms with Gasteiger partial charge >= 0.3 is 0 Å². The van der Waals surface area contributed by atoms with Crippen molar-refractivity contribution in [3.63, 3.8) is 0 Å². The highest BCUT2D eigenvalue weighted by Crippen LogP contribution is 2.47. The second kappa shape index (κ2) is 7.00. The normalized spacial score (nSPS) is 16.2. The summed E-state index contributed by atoms with van der Waals surface area (Å²) in [6.07, 6.45) is 0. The number of methoxy groups -OCH3 is 4. The van der Waals surface area contributed by atoms with Gasteiger partial charge in [0.2, 0.25) is 5.75 Å². The third kappa shape index (κ3) is 2.73. The van der Waals surface area contributed by atoms with Crippen molar-refractivity contribution in [1.82, 2.24) is 0 Å². The topological polar surface area (TPSA) is 57.2 Å². The van der Waals surface area contributed by atoms with Crippen molar-refractivity contribution in [2.24, 2.45) is 0 Å². The van der Waals surface area contributed by atoms with Gasteiger partial charge in [0.1, 0.15) is 5.75 Å². The summed E-state index contributed by atoms with van der Waals surface area (Å²) < 4.78 is 21.3. The van der Waals surface area contributed by atoms with Gasteiger partial charge < -0.3 is 18.9 Å². The minimum Gasteiger partial charge on any atom is -0.497 e. The Morgan fingerprint density at radius 1 is 0.885 bits per heavy atom. The number of nitrogens with zero attached hydrogens (tertiary/aromatic N) is 1. The van der Waals surface area contributed by atoms with Gasteiger partial charge in [-0.25, -0.2) is 0 Å². The first-order valence-corrected chi connectivity index (χ1v) is 8.02. The zero-order valence-corrected chi connectivity index (χ0v) is 15.2. The predicted octanol–water partition coefficient (Wildman–Crippen LogP) is 3.37. The van der Waals surface area contributed by atoms with E-state index in [9.17, 15) is 4.79 Å². The van der Waals surface area contributed by atoms with E-state index in [2.05, 4.69) is 6.58 Å². The van der Waals surface area contributed by atoms with Gasteiger partial charge in [0, 0.05) is 17.7 Å². The Morgan fingerprint density at radius 3 is 1.92 bits per heavy atom. The summed E-state index contributed by atoms with van der Waals surface area (Å²) in [5.74, 6) is 2.07. The molecule has 0 unspecified atom stereocenters. The summed E-state index contributed by atoms with van der Waals surface area (Å²) in [5, 5.41) is 0. The first-order valence-electron chi connectivity index (χ1n) is 8.02. The molecule has 0 radical (unpaired) electrons. The first kappa shape index (κ1) is 17.7. The second-order valence-electron chi connectivity index (χ2n) is 5.76. The number of β-lactam (4-membered cyclic amide) rings is 1. The van der Waals surface area contributed by atoms with Gasteiger partial charge in [0.05, 0.1) is 40.2 Å². The van der Waals surface area contributed by atoms with E-state index < -0.39 is 0 Å². The molecular weight excluding hydrogens is 334 g/mol. The first-order chi connectivity index (χ1) is 12.5. The number of rotatable bonds is 6. The third-order valence-corrected chi connectivity index (χ3v) is 4.44. The van der Waals surface area contributed by atoms with Crippen molar-refractivity contribution in [2.75, 3.05) is 33.3 Å². The molecule has 6 heteroatoms. The highest BCUT2D eigenvalue weighted by atomic mass is 16.5. The molecule has 1 atom stereocenters. The van der Waals surface area contributed by atoms with Crippen LogP contribution in [-0.2, 0) is 4.79 Å². The van der Waals surface area contributed by atoms with Crippen molar-refractivity contribution in [3.05, 3.63) is 54.1 Å². The number of hydrogen-bond acceptors (Lipinski definition) is 5. The molecule has 2 aromatic rings. The van der Waals surface area contributed by atoms with E-state index >= 15 is 0 Å². The van der Waals surface area contributed by atoms with Crippen LogP contribution in [0.4, 0.5) is 5.69 Å². The molecule has 1 saturated heterocycles. The summed E-state index contributed by atoms with van der Waals surface area (Å²) in [7, 11) is 6.23. The quantitative estimate of drug-likeness (QED) is 0.587. The zero-order chi connectivity index (χ0) is 18.8. The summed E-state index contributed by atoms with van der Waals surface area (Å²) in [6.45, 7) is 3.93. The largest absolute Gasteiger partial charge is 0.497 e. The van der Waals surface area contributed by atoms with Gasteiger partial charge in [0.15, 0.2) is 11.5 Å². The highest BCUT2D eigenvalue weighted by Gasteiger charge is 2.43. The molecule has 26 heavy (non-hydrogen) atoms. The fourth-order valence-electron chi connectivity index (χ4n) is 3.09. The smallest absolute Gasteiger partial charge is 0.256 e. The maximum absolute atomic E-state index is 12.5. The number of benzene rings is 2. The molecule has 2 aromatic carbocycles. The lowest BCUT2D eigenvalue weighted by Gasteiger charge is -2.42. The number of amides is 1. The second-order valence-corrected chi connectivity index (χ2v) is 5.76. The van der Waals surface area contributed by atoms with Crippen LogP contribution >= 0.6 is 0 Å². The van der Waals surface area contributed by atoms with Crippen LogP contribution in [0.1, 0.15) is 11.6 Å². The van der Waals surface area contributed by atoms with Gasteiger partial charge in [-0.2, -0.15) is 0 Å². The monoisotopic (exact) mass is 355 g/mol. The lowest BCUT2D eigenvalue weighted by atomic mass is 9.88. The van der Waals surface area contributed by atoms with Crippen LogP contribution in [0.5, 0.6) is 23.0 Å². The maximum Gasteiger partial charge on any atom is 0.256 e. The summed E-state index contributed by atoms with van der Waals surface area (Å²) in [6, 6.07) is 10.8. The predicted molar refractivity (Wildman–Crippen MR) is 98.5 cm³/mol. The standard InChI is InChI=1S/C20H21NO5/c1-12-18(13-6-8-15(23-2)9-7-13)21(20(12)22)14-10-16(24-3)19(26-5)17(11-14)25-4/h6-11,18H,1H2,2-5H3/t18-/m1/s1. The Balaban J connectivity index is 2.03. The lowest BCUT2D eigenvalue weighted by molar-refractivity contribution is -0.118. The van der Waals surface area contributed by atoms with Crippen LogP contribution in [0.15, 0.2) is 48.6 Å². The van der Waals surface area contributed by atoms with E-state index in [4.69, 9.17) is 18.9 Å². The fourth-order valence-corrected chi connectivity index (χ4v) is 3.09. The SMILES string of the molecule is C=C1C(=O)N(c2cc(OC)c(OC)c(OC)c2)[C@H]1c1ccc(OC)cc1. The van der Waals surface area contributed by atoms with Gasteiger partial charge in [0.25, 0.3) is 5.91 Å². The Bertz CT molecular complexity index is 819. The molecule has 0 spiro atoms. The molecule has 1 fully saturated rings. The molecular formula is C20H21NO5. The summed E-state index contributed by atoms with van der Waals surface area (Å²) >= 11 is 0. The van der Waals surface area contributed by atoms with Gasteiger partial charge in [-0.15, -0.1) is 0 Å². The molecule has 0 aromatic heterocycles. The Morgan fingerprint density at radius 2 is 1.46 bits per heavy atom. The zero-order valence-electron chi connectivity index (χ0n) is 15.2. The van der Waals surface area contributed by atoms with Crippen LogP contribution in [0, 0.1) is 0 Å². The highest BCUT2D eigenvalue weighted by molar-refractivity contribution is 6.15. The molecule has 0 saturated carbocycles. The van der Waals surface area contributed by atoms with Gasteiger partial charge in [-0.3, -0.25) is 9.69 Å². The van der Waals surface area contributed by atoms with Crippen molar-refractivity contribution >= 4 is 11.6 Å². The molecule has 1 aliphatic rings. The molecule has 0 bridgehead atoms. The van der Waals surface area contributed by atoms with Crippen molar-refractivity contribution < 1.29 is 23.7 Å². The molecule has 136 valence electrons. The Labute approximate surface area is 152 Å². The van der Waals surface area contributed by atoms with Crippen LogP contribution in [0.3, 0.4) is 0 Å². The van der Waals surface area contributed by atoms with E-state index in [1.165, 1.54) is 7.11 Å². The summed E-state index contributed by atoms with van der Waals surface area (Å²) in [4.78, 5) is 14.2. The summed E-state index contributed by atoms with van der Waals surface area (Å²) in [5.41, 5.74) is 2.13. The van der Waals surface area contributed by atoms with Crippen molar-refractivity contribution in [3.8, 4) is 23.0 Å². The Hall–Kier alpha value is -3.15. The van der Waals surface area contributed by atoms with Gasteiger partial charge in [-0.05, 0) is 17.7 Å². The molecule has 1 heterocycles. The van der Waals surface area contributed by atoms with E-state index in [-0.39, 0.29) is 11.9 Å². The Kier molecular flexibility index (Phi) is 4.75. The minimum atomic E-state index is -0.254. The number of anilines is 1. The fraction of sp³-hybridized carbons (Fsp3) is 0.250. The molecule has 6 nitrogen and oxygen atoms in total. The maximum atomic E-state index is 12.5. The minimum absolute atomic E-state index is 0.139. The van der Waals surface area contributed by atoms with Crippen LogP contribution in [0.2, 0.25) is 0 Å². The van der Waals surface area contributed by atoms with Crippen LogP contribution < -0.4 is 23.8 Å². The average molecular weight is 355 g/mol. The number of hydrogen-bond donors (Lipinski definition) is 0. The van der Waals surface area contributed by atoms with Crippen molar-refractivity contribution in [2.45, 2.75) is 6.04 Å². The lowest BCUT2D eigenvalue weighted by Crippen LogP contribution is -2.48. The van der Waals surface area contributed by atoms with Crippen LogP contribution in [0.25, 0.3) is 0 Å². The molecule has 3 rings (SSSR count). The van der Waals surface area contributed by atoms with E-state index in [1.807, 2.05) is 24.3 Å². The van der Waals surface area contributed by atoms with Crippen LogP contribution in [-0.4, -0.2) is 34.3 Å². The van der Waals surface area contributed by atoms with E-state index in [0.717, 1.165) is 11.3 Å². The number of ether oxygens (including phenoxy) is 4. The molecule has 1 amide bonds. The molecule has 0 N–H and O–H groups in total. The number of carbonyl (C=O) groups is 1. The third-order valence-electron chi connectivity index (χ3n) is 4.44. The average Bonchev–Trinajstić information content (AvgIpc) is 2.70. The molecule has 0 aliphatic carbocycles. The van der Waals surface area contributed by atoms with Gasteiger partial charge in [-0.1, -0.05) is 18.7 Å². The molecule has 1 aliphatic heterocycles.